The third kappa shape index (κ3) is 1.72. The Kier molecular flexibility index (Phi) is 2.52. The molecule has 0 atom stereocenters. The Hall–Kier alpha value is -2.03. The Balaban J connectivity index is 2.66. The second-order valence-corrected chi connectivity index (χ2v) is 3.84. The van der Waals surface area contributed by atoms with Crippen LogP contribution in [0.25, 0.3) is 17.0 Å². The van der Waals surface area contributed by atoms with Crippen LogP contribution in [0.4, 0.5) is 0 Å². The van der Waals surface area contributed by atoms with Crippen LogP contribution in [0.2, 0.25) is 0 Å². The number of benzene rings is 1. The summed E-state index contributed by atoms with van der Waals surface area (Å²) in [6.07, 6.45) is 4.85. The summed E-state index contributed by atoms with van der Waals surface area (Å²) in [7, 11) is 1.99. The lowest BCUT2D eigenvalue weighted by Crippen LogP contribution is -1.87. The molecule has 0 aliphatic rings. The number of carboxylic acids is 1. The molecule has 0 radical (unpaired) electrons. The van der Waals surface area contributed by atoms with Crippen LogP contribution in [-0.4, -0.2) is 15.6 Å². The van der Waals surface area contributed by atoms with Gasteiger partial charge in [-0.25, -0.2) is 4.79 Å². The highest BCUT2D eigenvalue weighted by Gasteiger charge is 2.05. The summed E-state index contributed by atoms with van der Waals surface area (Å²) in [4.78, 5) is 10.5. The van der Waals surface area contributed by atoms with Crippen LogP contribution in [0.5, 0.6) is 0 Å². The second kappa shape index (κ2) is 3.85. The zero-order valence-electron chi connectivity index (χ0n) is 9.27. The summed E-state index contributed by atoms with van der Waals surface area (Å²) in [5.41, 5.74) is 3.21. The van der Waals surface area contributed by atoms with Crippen molar-refractivity contribution in [1.82, 2.24) is 4.57 Å². The number of nitrogens with zero attached hydrogens (tertiary/aromatic N) is 1. The van der Waals surface area contributed by atoms with Gasteiger partial charge < -0.3 is 9.67 Å². The van der Waals surface area contributed by atoms with E-state index in [1.807, 2.05) is 42.9 Å². The van der Waals surface area contributed by atoms with Gasteiger partial charge in [0.25, 0.3) is 0 Å². The fourth-order valence-electron chi connectivity index (χ4n) is 2.01. The standard InChI is InChI=1S/C13H13NO2/c1-9-8-14(2)11-5-3-4-10(13(9)11)6-7-12(15)16/h3-8H,1-2H3,(H,15,16)/b7-6+. The third-order valence-corrected chi connectivity index (χ3v) is 2.64. The van der Waals surface area contributed by atoms with E-state index in [9.17, 15) is 4.79 Å². The molecule has 0 bridgehead atoms. The zero-order valence-corrected chi connectivity index (χ0v) is 9.27. The molecule has 0 aliphatic heterocycles. The highest BCUT2D eigenvalue weighted by atomic mass is 16.4. The lowest BCUT2D eigenvalue weighted by molar-refractivity contribution is -0.131. The van der Waals surface area contributed by atoms with Gasteiger partial charge in [0.05, 0.1) is 0 Å². The average Bonchev–Trinajstić information content (AvgIpc) is 2.52. The lowest BCUT2D eigenvalue weighted by Gasteiger charge is -1.99. The molecule has 0 saturated heterocycles. The average molecular weight is 215 g/mol. The monoisotopic (exact) mass is 215 g/mol. The first kappa shape index (κ1) is 10.5. The van der Waals surface area contributed by atoms with Crippen LogP contribution in [0, 0.1) is 6.92 Å². The van der Waals surface area contributed by atoms with E-state index in [4.69, 9.17) is 5.11 Å². The number of hydrogen-bond donors (Lipinski definition) is 1. The summed E-state index contributed by atoms with van der Waals surface area (Å²) < 4.78 is 2.04. The fraction of sp³-hybridized carbons (Fsp3) is 0.154. The lowest BCUT2D eigenvalue weighted by atomic mass is 10.1. The van der Waals surface area contributed by atoms with E-state index < -0.39 is 5.97 Å². The summed E-state index contributed by atoms with van der Waals surface area (Å²) in [6, 6.07) is 5.89. The van der Waals surface area contributed by atoms with Gasteiger partial charge in [-0.2, -0.15) is 0 Å². The predicted octanol–water partition coefficient (Wildman–Crippen LogP) is 2.58. The smallest absolute Gasteiger partial charge is 0.328 e. The van der Waals surface area contributed by atoms with Crippen LogP contribution in [-0.2, 0) is 11.8 Å². The highest BCUT2D eigenvalue weighted by molar-refractivity contribution is 5.95. The molecule has 0 saturated carbocycles. The van der Waals surface area contributed by atoms with Gasteiger partial charge in [-0.15, -0.1) is 0 Å². The van der Waals surface area contributed by atoms with Crippen molar-refractivity contribution in [2.75, 3.05) is 0 Å². The maximum atomic E-state index is 10.5. The summed E-state index contributed by atoms with van der Waals surface area (Å²) >= 11 is 0. The molecule has 0 fully saturated rings. The highest BCUT2D eigenvalue weighted by Crippen LogP contribution is 2.24. The molecule has 3 heteroatoms. The number of fused-ring (bicyclic) bond motifs is 1. The molecule has 0 spiro atoms. The molecule has 3 nitrogen and oxygen atoms in total. The number of carboxylic acid groups (broad SMARTS) is 1. The normalized spacial score (nSPS) is 11.4. The first-order chi connectivity index (χ1) is 7.59. The van der Waals surface area contributed by atoms with E-state index in [0.717, 1.165) is 22.0 Å². The molecule has 0 amide bonds. The molecule has 0 aliphatic carbocycles. The Morgan fingerprint density at radius 2 is 2.19 bits per heavy atom. The largest absolute Gasteiger partial charge is 0.478 e. The van der Waals surface area contributed by atoms with E-state index in [2.05, 4.69) is 0 Å². The van der Waals surface area contributed by atoms with Gasteiger partial charge in [-0.3, -0.25) is 0 Å². The first-order valence-electron chi connectivity index (χ1n) is 5.05. The molecule has 0 unspecified atom stereocenters. The maximum absolute atomic E-state index is 10.5. The number of carbonyl (C=O) groups is 1. The minimum absolute atomic E-state index is 0.925. The summed E-state index contributed by atoms with van der Waals surface area (Å²) in [5.74, 6) is -0.925. The minimum atomic E-state index is -0.925. The van der Waals surface area contributed by atoms with Gasteiger partial charge in [-0.1, -0.05) is 12.1 Å². The molecule has 2 rings (SSSR count). The number of aryl methyl sites for hydroxylation is 2. The molecular weight excluding hydrogens is 202 g/mol. The predicted molar refractivity (Wildman–Crippen MR) is 64.3 cm³/mol. The zero-order chi connectivity index (χ0) is 11.7. The van der Waals surface area contributed by atoms with E-state index in [1.165, 1.54) is 6.08 Å². The molecule has 82 valence electrons. The van der Waals surface area contributed by atoms with Crippen LogP contribution >= 0.6 is 0 Å². The SMILES string of the molecule is Cc1cn(C)c2cccc(/C=C/C(=O)O)c12. The van der Waals surface area contributed by atoms with Crippen molar-refractivity contribution in [3.63, 3.8) is 0 Å². The van der Waals surface area contributed by atoms with Gasteiger partial charge in [0.1, 0.15) is 0 Å². The Labute approximate surface area is 93.6 Å². The third-order valence-electron chi connectivity index (χ3n) is 2.64. The van der Waals surface area contributed by atoms with Gasteiger partial charge in [0.2, 0.25) is 0 Å². The molecule has 1 aromatic carbocycles. The Bertz CT molecular complexity index is 579. The Morgan fingerprint density at radius 3 is 2.88 bits per heavy atom. The summed E-state index contributed by atoms with van der Waals surface area (Å²) in [5, 5.41) is 9.74. The topological polar surface area (TPSA) is 42.2 Å². The van der Waals surface area contributed by atoms with Crippen molar-refractivity contribution in [1.29, 1.82) is 0 Å². The van der Waals surface area contributed by atoms with Gasteiger partial charge >= 0.3 is 5.97 Å². The number of aromatic nitrogens is 1. The van der Waals surface area contributed by atoms with Gasteiger partial charge in [0.15, 0.2) is 0 Å². The minimum Gasteiger partial charge on any atom is -0.478 e. The van der Waals surface area contributed by atoms with Crippen molar-refractivity contribution < 1.29 is 9.90 Å². The molecular formula is C13H13NO2. The van der Waals surface area contributed by atoms with E-state index in [-0.39, 0.29) is 0 Å². The van der Waals surface area contributed by atoms with Crippen LogP contribution in [0.3, 0.4) is 0 Å². The molecule has 1 N–H and O–H groups in total. The van der Waals surface area contributed by atoms with E-state index in [0.29, 0.717) is 0 Å². The van der Waals surface area contributed by atoms with Crippen molar-refractivity contribution in [3.05, 3.63) is 41.6 Å². The summed E-state index contributed by atoms with van der Waals surface area (Å²) in [6.45, 7) is 2.03. The van der Waals surface area contributed by atoms with E-state index in [1.54, 1.807) is 6.08 Å². The molecule has 2 aromatic rings. The quantitative estimate of drug-likeness (QED) is 0.782. The van der Waals surface area contributed by atoms with Crippen LogP contribution in [0.1, 0.15) is 11.1 Å². The Morgan fingerprint density at radius 1 is 1.44 bits per heavy atom. The van der Waals surface area contributed by atoms with Crippen LogP contribution < -0.4 is 0 Å². The van der Waals surface area contributed by atoms with Crippen molar-refractivity contribution >= 4 is 22.9 Å². The molecule has 16 heavy (non-hydrogen) atoms. The van der Waals surface area contributed by atoms with Gasteiger partial charge in [0, 0.05) is 30.2 Å². The van der Waals surface area contributed by atoms with Crippen molar-refractivity contribution in [2.24, 2.45) is 7.05 Å². The molecule has 1 aromatic heterocycles. The van der Waals surface area contributed by atoms with Crippen LogP contribution in [0.15, 0.2) is 30.5 Å². The van der Waals surface area contributed by atoms with Gasteiger partial charge in [-0.05, 0) is 30.2 Å². The number of rotatable bonds is 2. The second-order valence-electron chi connectivity index (χ2n) is 3.84. The number of aliphatic carboxylic acids is 1. The van der Waals surface area contributed by atoms with Crippen molar-refractivity contribution in [3.8, 4) is 0 Å². The fourth-order valence-corrected chi connectivity index (χ4v) is 2.01. The number of hydrogen-bond acceptors (Lipinski definition) is 1. The first-order valence-corrected chi connectivity index (χ1v) is 5.05. The van der Waals surface area contributed by atoms with E-state index >= 15 is 0 Å². The maximum Gasteiger partial charge on any atom is 0.328 e. The van der Waals surface area contributed by atoms with Crippen molar-refractivity contribution in [2.45, 2.75) is 6.92 Å². The molecule has 1 heterocycles.